The van der Waals surface area contributed by atoms with Crippen LogP contribution in [0.3, 0.4) is 0 Å². The van der Waals surface area contributed by atoms with Crippen LogP contribution in [0, 0.1) is 5.92 Å². The number of carbonyl (C=O) groups excluding carboxylic acids is 1. The fraction of sp³-hybridized carbons (Fsp3) is 0.588. The van der Waals surface area contributed by atoms with Gasteiger partial charge in [-0.2, -0.15) is 0 Å². The van der Waals surface area contributed by atoms with Crippen molar-refractivity contribution in [2.24, 2.45) is 5.92 Å². The summed E-state index contributed by atoms with van der Waals surface area (Å²) >= 11 is 0. The number of benzene rings is 1. The highest BCUT2D eigenvalue weighted by molar-refractivity contribution is 5.73. The van der Waals surface area contributed by atoms with Gasteiger partial charge in [-0.05, 0) is 37.0 Å². The van der Waals surface area contributed by atoms with E-state index in [4.69, 9.17) is 9.47 Å². The van der Waals surface area contributed by atoms with Gasteiger partial charge in [-0.15, -0.1) is 0 Å². The Morgan fingerprint density at radius 1 is 1.50 bits per heavy atom. The minimum atomic E-state index is -0.00228. The number of methoxy groups -OCH3 is 1. The highest BCUT2D eigenvalue weighted by atomic mass is 16.5. The lowest BCUT2D eigenvalue weighted by Gasteiger charge is -2.20. The van der Waals surface area contributed by atoms with Crippen LogP contribution in [-0.2, 0) is 11.2 Å². The summed E-state index contributed by atoms with van der Waals surface area (Å²) in [6, 6.07) is 8.04. The fourth-order valence-electron chi connectivity index (χ4n) is 2.65. The van der Waals surface area contributed by atoms with Gasteiger partial charge in [-0.1, -0.05) is 12.1 Å². The molecule has 2 amide bonds. The van der Waals surface area contributed by atoms with Gasteiger partial charge in [-0.3, -0.25) is 0 Å². The Hall–Kier alpha value is -1.75. The molecule has 1 heterocycles. The van der Waals surface area contributed by atoms with Crippen LogP contribution in [0.5, 0.6) is 5.75 Å². The second-order valence-electron chi connectivity index (χ2n) is 5.80. The smallest absolute Gasteiger partial charge is 0.317 e. The number of rotatable bonds is 7. The van der Waals surface area contributed by atoms with E-state index in [1.54, 1.807) is 12.0 Å². The van der Waals surface area contributed by atoms with Crippen LogP contribution < -0.4 is 10.1 Å². The van der Waals surface area contributed by atoms with Gasteiger partial charge in [0.05, 0.1) is 13.7 Å². The fourth-order valence-corrected chi connectivity index (χ4v) is 2.65. The first kappa shape index (κ1) is 16.6. The first-order valence-corrected chi connectivity index (χ1v) is 7.88. The molecule has 5 nitrogen and oxygen atoms in total. The molecular weight excluding hydrogens is 280 g/mol. The Morgan fingerprint density at radius 3 is 3.09 bits per heavy atom. The van der Waals surface area contributed by atoms with Crippen LogP contribution in [0.25, 0.3) is 0 Å². The van der Waals surface area contributed by atoms with Gasteiger partial charge in [0.25, 0.3) is 0 Å². The summed E-state index contributed by atoms with van der Waals surface area (Å²) < 4.78 is 10.5. The van der Waals surface area contributed by atoms with E-state index in [2.05, 4.69) is 11.4 Å². The molecule has 1 fully saturated rings. The van der Waals surface area contributed by atoms with Gasteiger partial charge in [0.2, 0.25) is 0 Å². The minimum absolute atomic E-state index is 0.00228. The Kier molecular flexibility index (Phi) is 6.52. The molecule has 0 unspecified atom stereocenters. The molecule has 0 aliphatic carbocycles. The average molecular weight is 306 g/mol. The molecule has 1 aromatic carbocycles. The quantitative estimate of drug-likeness (QED) is 0.787. The van der Waals surface area contributed by atoms with E-state index in [0.29, 0.717) is 12.5 Å². The first-order chi connectivity index (χ1) is 10.7. The van der Waals surface area contributed by atoms with Crippen LogP contribution in [0.2, 0.25) is 0 Å². The molecule has 1 aliphatic heterocycles. The number of hydrogen-bond donors (Lipinski definition) is 1. The summed E-state index contributed by atoms with van der Waals surface area (Å²) in [6.07, 6.45) is 2.89. The zero-order chi connectivity index (χ0) is 15.8. The van der Waals surface area contributed by atoms with E-state index in [0.717, 1.165) is 44.8 Å². The predicted octanol–water partition coefficient (Wildman–Crippen LogP) is 2.31. The van der Waals surface area contributed by atoms with Crippen molar-refractivity contribution < 1.29 is 14.3 Å². The van der Waals surface area contributed by atoms with Crippen molar-refractivity contribution in [2.45, 2.75) is 19.3 Å². The molecule has 5 heteroatoms. The van der Waals surface area contributed by atoms with Crippen molar-refractivity contribution in [2.75, 3.05) is 40.5 Å². The van der Waals surface area contributed by atoms with Crippen LogP contribution in [0.1, 0.15) is 18.4 Å². The van der Waals surface area contributed by atoms with Crippen LogP contribution in [0.15, 0.2) is 24.3 Å². The van der Waals surface area contributed by atoms with Gasteiger partial charge < -0.3 is 19.7 Å². The Morgan fingerprint density at radius 2 is 2.36 bits per heavy atom. The Balaban J connectivity index is 1.63. The third-order valence-electron chi connectivity index (χ3n) is 3.96. The number of nitrogens with zero attached hydrogens (tertiary/aromatic N) is 1. The molecule has 0 radical (unpaired) electrons. The molecule has 1 aromatic rings. The maximum absolute atomic E-state index is 12.0. The van der Waals surface area contributed by atoms with E-state index in [1.807, 2.05) is 25.2 Å². The molecule has 0 saturated carbocycles. The van der Waals surface area contributed by atoms with Gasteiger partial charge in [0.15, 0.2) is 0 Å². The maximum atomic E-state index is 12.0. The SMILES string of the molecule is COc1cccc(CCCNC(=O)N(C)C[C@H]2CCOC2)c1. The van der Waals surface area contributed by atoms with E-state index in [-0.39, 0.29) is 6.03 Å². The molecular formula is C17H26N2O3. The average Bonchev–Trinajstić information content (AvgIpc) is 3.04. The topological polar surface area (TPSA) is 50.8 Å². The number of carbonyl (C=O) groups is 1. The highest BCUT2D eigenvalue weighted by Gasteiger charge is 2.19. The van der Waals surface area contributed by atoms with Crippen molar-refractivity contribution in [3.8, 4) is 5.75 Å². The molecule has 0 bridgehead atoms. The Bertz CT molecular complexity index is 473. The number of hydrogen-bond acceptors (Lipinski definition) is 3. The number of aryl methyl sites for hydroxylation is 1. The predicted molar refractivity (Wildman–Crippen MR) is 86.3 cm³/mol. The van der Waals surface area contributed by atoms with Crippen LogP contribution in [-0.4, -0.2) is 51.4 Å². The molecule has 1 atom stereocenters. The minimum Gasteiger partial charge on any atom is -0.497 e. The number of urea groups is 1. The third kappa shape index (κ3) is 5.22. The van der Waals surface area contributed by atoms with Crippen LogP contribution >= 0.6 is 0 Å². The standard InChI is InChI=1S/C17H26N2O3/c1-19(12-15-8-10-22-13-15)17(20)18-9-4-6-14-5-3-7-16(11-14)21-2/h3,5,7,11,15H,4,6,8-10,12-13H2,1-2H3,(H,18,20)/t15-/m1/s1. The first-order valence-electron chi connectivity index (χ1n) is 7.88. The largest absolute Gasteiger partial charge is 0.497 e. The normalized spacial score (nSPS) is 17.3. The van der Waals surface area contributed by atoms with Crippen molar-refractivity contribution in [1.82, 2.24) is 10.2 Å². The van der Waals surface area contributed by atoms with Crippen molar-refractivity contribution in [3.05, 3.63) is 29.8 Å². The summed E-state index contributed by atoms with van der Waals surface area (Å²) in [6.45, 7) is 3.04. The van der Waals surface area contributed by atoms with E-state index in [1.165, 1.54) is 5.56 Å². The molecule has 2 rings (SSSR count). The van der Waals surface area contributed by atoms with E-state index in [9.17, 15) is 4.79 Å². The van der Waals surface area contributed by atoms with Crippen LogP contribution in [0.4, 0.5) is 4.79 Å². The molecule has 122 valence electrons. The van der Waals surface area contributed by atoms with Gasteiger partial charge in [-0.25, -0.2) is 4.79 Å². The number of amides is 2. The van der Waals surface area contributed by atoms with E-state index >= 15 is 0 Å². The van der Waals surface area contributed by atoms with Gasteiger partial charge in [0, 0.05) is 32.7 Å². The highest BCUT2D eigenvalue weighted by Crippen LogP contribution is 2.14. The molecule has 1 aliphatic rings. The van der Waals surface area contributed by atoms with Gasteiger partial charge in [0.1, 0.15) is 5.75 Å². The lowest BCUT2D eigenvalue weighted by atomic mass is 10.1. The second-order valence-corrected chi connectivity index (χ2v) is 5.80. The molecule has 0 spiro atoms. The zero-order valence-corrected chi connectivity index (χ0v) is 13.5. The van der Waals surface area contributed by atoms with Crippen molar-refractivity contribution in [1.29, 1.82) is 0 Å². The number of ether oxygens (including phenoxy) is 2. The molecule has 1 N–H and O–H groups in total. The lowest BCUT2D eigenvalue weighted by molar-refractivity contribution is 0.171. The lowest BCUT2D eigenvalue weighted by Crippen LogP contribution is -2.40. The molecule has 22 heavy (non-hydrogen) atoms. The number of nitrogens with one attached hydrogen (secondary N) is 1. The van der Waals surface area contributed by atoms with E-state index < -0.39 is 0 Å². The summed E-state index contributed by atoms with van der Waals surface area (Å²) in [5.74, 6) is 1.35. The van der Waals surface area contributed by atoms with Crippen molar-refractivity contribution >= 4 is 6.03 Å². The summed E-state index contributed by atoms with van der Waals surface area (Å²) in [5, 5.41) is 2.97. The third-order valence-corrected chi connectivity index (χ3v) is 3.96. The van der Waals surface area contributed by atoms with Crippen molar-refractivity contribution in [3.63, 3.8) is 0 Å². The second kappa shape index (κ2) is 8.63. The summed E-state index contributed by atoms with van der Waals surface area (Å²) in [5.41, 5.74) is 1.23. The zero-order valence-electron chi connectivity index (χ0n) is 13.5. The van der Waals surface area contributed by atoms with Gasteiger partial charge >= 0.3 is 6.03 Å². The summed E-state index contributed by atoms with van der Waals surface area (Å²) in [4.78, 5) is 13.8. The monoisotopic (exact) mass is 306 g/mol. The molecule has 1 saturated heterocycles. The summed E-state index contributed by atoms with van der Waals surface area (Å²) in [7, 11) is 3.51. The Labute approximate surface area is 132 Å². The molecule has 0 aromatic heterocycles. The maximum Gasteiger partial charge on any atom is 0.317 e.